The summed E-state index contributed by atoms with van der Waals surface area (Å²) in [7, 11) is -0.266. The van der Waals surface area contributed by atoms with Crippen LogP contribution in [0.25, 0.3) is 0 Å². The fourth-order valence-electron chi connectivity index (χ4n) is 22.5. The second kappa shape index (κ2) is 3.40. The number of aryl methyl sites for hydroxylation is 2. The Kier molecular flexibility index (Phi) is 1.95. The molecule has 2 aromatic rings. The van der Waals surface area contributed by atoms with Crippen LogP contribution in [0.2, 0.25) is 47.2 Å². The average molecular weight is 599 g/mol. The quantitative estimate of drug-likeness (QED) is 0.189. The van der Waals surface area contributed by atoms with Crippen LogP contribution < -0.4 is 10.6 Å². The molecule has 10 aliphatic rings. The van der Waals surface area contributed by atoms with Crippen LogP contribution >= 0.6 is 15.8 Å². The second-order valence-electron chi connectivity index (χ2n) is 19.1. The summed E-state index contributed by atoms with van der Waals surface area (Å²) >= 11 is 0. The van der Waals surface area contributed by atoms with Gasteiger partial charge < -0.3 is 0 Å². The zero-order valence-electron chi connectivity index (χ0n) is 25.3. The summed E-state index contributed by atoms with van der Waals surface area (Å²) in [5, 5.41) is 4.51. The third-order valence-corrected chi connectivity index (χ3v) is 74.2. The fraction of sp³-hybridized carbons (Fsp3) is 0.667. The van der Waals surface area contributed by atoms with Crippen LogP contribution in [0.1, 0.15) is 65.5 Å². The van der Waals surface area contributed by atoms with Crippen LogP contribution in [0.3, 0.4) is 0 Å². The maximum absolute atomic E-state index is 3.55. The zero-order chi connectivity index (χ0) is 26.9. The van der Waals surface area contributed by atoms with E-state index in [-0.39, 0.29) is 15.8 Å². The van der Waals surface area contributed by atoms with Gasteiger partial charge in [-0.25, -0.2) is 0 Å². The maximum atomic E-state index is 2.70. The molecule has 0 radical (unpaired) electrons. The van der Waals surface area contributed by atoms with Crippen LogP contribution in [0.5, 0.6) is 0 Å². The van der Waals surface area contributed by atoms with E-state index < -0.39 is 6.51 Å². The molecule has 0 N–H and O–H groups in total. The molecule has 10 fully saturated rings. The normalized spacial score (nSPS) is 61.7. The zero-order valence-corrected chi connectivity index (χ0v) is 28.2. The van der Waals surface area contributed by atoms with Crippen molar-refractivity contribution in [2.45, 2.75) is 126 Å². The van der Waals surface area contributed by atoms with E-state index in [1.165, 1.54) is 51.4 Å². The van der Waals surface area contributed by atoms with Crippen molar-refractivity contribution in [1.29, 1.82) is 0 Å². The van der Waals surface area contributed by atoms with E-state index in [9.17, 15) is 0 Å². The number of hydrogen-bond donors (Lipinski definition) is 0. The Morgan fingerprint density at radius 1 is 0.641 bits per heavy atom. The van der Waals surface area contributed by atoms with Gasteiger partial charge in [0.1, 0.15) is 0 Å². The van der Waals surface area contributed by atoms with E-state index in [0.717, 1.165) is 8.63 Å². The van der Waals surface area contributed by atoms with Crippen molar-refractivity contribution in [1.82, 2.24) is 0 Å². The van der Waals surface area contributed by atoms with Gasteiger partial charge in [0.05, 0.1) is 0 Å². The molecule has 0 aromatic heterocycles. The van der Waals surface area contributed by atoms with E-state index in [1.54, 1.807) is 34.1 Å². The van der Waals surface area contributed by atoms with Crippen molar-refractivity contribution in [2.75, 3.05) is 12.3 Å². The van der Waals surface area contributed by atoms with Gasteiger partial charge >= 0.3 is 231 Å². The molecule has 10 heterocycles. The summed E-state index contributed by atoms with van der Waals surface area (Å²) in [6.45, 7) is 17.1. The van der Waals surface area contributed by atoms with Crippen molar-refractivity contribution in [3.63, 3.8) is 0 Å². The van der Waals surface area contributed by atoms with E-state index in [4.69, 9.17) is 0 Å². The molecule has 0 saturated carbocycles. The monoisotopic (exact) mass is 598 g/mol. The van der Waals surface area contributed by atoms with Gasteiger partial charge in [-0.15, -0.1) is 0 Å². The van der Waals surface area contributed by atoms with Crippen LogP contribution in [-0.4, -0.2) is 22.6 Å². The summed E-state index contributed by atoms with van der Waals surface area (Å²) in [4.78, 5) is 11.1. The molecule has 39 heavy (non-hydrogen) atoms. The van der Waals surface area contributed by atoms with Crippen molar-refractivity contribution in [2.24, 2.45) is 0 Å². The molecule has 5 atom stereocenters. The average Bonchev–Trinajstić information content (AvgIpc) is 3.87. The summed E-state index contributed by atoms with van der Waals surface area (Å²) in [5.74, 6) is 0. The van der Waals surface area contributed by atoms with Gasteiger partial charge in [-0.05, 0) is 0 Å². The first-order valence-electron chi connectivity index (χ1n) is 16.2. The van der Waals surface area contributed by atoms with E-state index in [1.807, 2.05) is 0 Å². The third kappa shape index (κ3) is 0.598. The number of rotatable bonds is 10. The molecule has 0 aliphatic carbocycles. The molecule has 0 amide bonds. The van der Waals surface area contributed by atoms with E-state index in [0.29, 0.717) is 10.3 Å². The van der Waals surface area contributed by atoms with Crippen molar-refractivity contribution in [3.05, 3.63) is 59.7 Å². The molecule has 1 spiro atoms. The molecule has 3 heteroatoms. The Balaban J connectivity index is 1.09. The standard InChI is InChI=1S/C31H43P2.C5H5.Fe/c1-9-30(5,6)33(31(7,8)10-2)23-27-19-15-18-26(27)22-32(28-20-13-11-16-24(28)3)29-21-14-12-17-25(29)4;1-2-4-5-3-1;/h11-21H,9-10,22-23H2,1-8H3;1-5H;. The van der Waals surface area contributed by atoms with Crippen LogP contribution in [0.4, 0.5) is 0 Å². The number of benzene rings is 2. The Hall–Kier alpha value is -0.181. The molecule has 0 bridgehead atoms. The Morgan fingerprint density at radius 2 is 1.05 bits per heavy atom. The Labute approximate surface area is 229 Å². The van der Waals surface area contributed by atoms with Gasteiger partial charge in [0, 0.05) is 0 Å². The van der Waals surface area contributed by atoms with Crippen LogP contribution in [0, 0.1) is 13.8 Å². The molecule has 10 aliphatic heterocycles. The van der Waals surface area contributed by atoms with E-state index in [2.05, 4.69) is 104 Å². The summed E-state index contributed by atoms with van der Waals surface area (Å²) in [6.07, 6.45) is 6.10. The first-order chi connectivity index (χ1) is 18.3. The summed E-state index contributed by atoms with van der Waals surface area (Å²) < 4.78 is 1.86. The molecule has 12 rings (SSSR count). The predicted molar refractivity (Wildman–Crippen MR) is 169 cm³/mol. The topological polar surface area (TPSA) is 0 Å². The Morgan fingerprint density at radius 3 is 1.41 bits per heavy atom. The van der Waals surface area contributed by atoms with Crippen molar-refractivity contribution >= 4 is 26.5 Å². The molecule has 210 valence electrons. The SMILES string of the molecule is CCC(C)(C)P(C[C]12[CH]3[CH]4[CH]5[C]1(CP(c1ccccc1C)c1ccccc1C)[Fe]45321678[CH]2[CH]1[CH]6[CH]7[CH]28)C(C)(C)CC. The molecule has 10 saturated heterocycles. The van der Waals surface area contributed by atoms with Crippen LogP contribution in [0.15, 0.2) is 48.5 Å². The van der Waals surface area contributed by atoms with E-state index >= 15 is 0 Å². The fourth-order valence-corrected chi connectivity index (χ4v) is 113. The summed E-state index contributed by atoms with van der Waals surface area (Å²) in [5.41, 5.74) is 3.13. The van der Waals surface area contributed by atoms with Gasteiger partial charge in [-0.3, -0.25) is 0 Å². The Bertz CT molecular complexity index is 1860. The van der Waals surface area contributed by atoms with Gasteiger partial charge in [-0.2, -0.15) is 0 Å². The molecule has 5 unspecified atom stereocenters. The molecular weight excluding hydrogens is 550 g/mol. The first kappa shape index (κ1) is 22.4. The van der Waals surface area contributed by atoms with Gasteiger partial charge in [0.15, 0.2) is 0 Å². The molecule has 0 nitrogen and oxygen atoms in total. The minimum atomic E-state index is -3.55. The number of fused-ring (bicyclic) bond motifs is 10. The first-order valence-corrected chi connectivity index (χ1v) is 25.4. The molecular formula is C36H48FeP2. The predicted octanol–water partition coefficient (Wildman–Crippen LogP) is 10.7. The van der Waals surface area contributed by atoms with Crippen molar-refractivity contribution < 1.29 is 6.51 Å². The minimum absolute atomic E-state index is 0.0110. The van der Waals surface area contributed by atoms with Gasteiger partial charge in [0.25, 0.3) is 0 Å². The third-order valence-electron chi connectivity index (χ3n) is 22.3. The van der Waals surface area contributed by atoms with Gasteiger partial charge in [-0.1, -0.05) is 0 Å². The summed E-state index contributed by atoms with van der Waals surface area (Å²) in [6, 6.07) is 19.2. The molecule has 2 aromatic carbocycles. The number of hydrogen-bond acceptors (Lipinski definition) is 0. The van der Waals surface area contributed by atoms with Crippen LogP contribution in [-0.2, 0) is 6.51 Å². The van der Waals surface area contributed by atoms with Gasteiger partial charge in [0.2, 0.25) is 0 Å². The van der Waals surface area contributed by atoms with Crippen molar-refractivity contribution in [3.8, 4) is 0 Å². The second-order valence-corrected chi connectivity index (χ2v) is 48.3.